The van der Waals surface area contributed by atoms with Gasteiger partial charge < -0.3 is 9.73 Å². The van der Waals surface area contributed by atoms with Gasteiger partial charge in [0.05, 0.1) is 5.75 Å². The van der Waals surface area contributed by atoms with Crippen molar-refractivity contribution in [1.82, 2.24) is 10.2 Å². The first-order chi connectivity index (χ1) is 12.1. The Balaban J connectivity index is 1.57. The van der Waals surface area contributed by atoms with Crippen molar-refractivity contribution >= 4 is 35.0 Å². The van der Waals surface area contributed by atoms with Gasteiger partial charge in [0.2, 0.25) is 11.8 Å². The van der Waals surface area contributed by atoms with Gasteiger partial charge in [-0.1, -0.05) is 48.5 Å². The van der Waals surface area contributed by atoms with Crippen LogP contribution in [-0.2, 0) is 11.2 Å². The van der Waals surface area contributed by atoms with E-state index in [4.69, 9.17) is 16.0 Å². The zero-order valence-electron chi connectivity index (χ0n) is 13.5. The molecular weight excluding hydrogens is 358 g/mol. The SMILES string of the molecule is CCc1cccc(NC(=O)CSc2nnc(-c3cccc(Cl)c3)o2)c1. The molecule has 1 N–H and O–H groups in total. The summed E-state index contributed by atoms with van der Waals surface area (Å²) in [6.45, 7) is 2.07. The number of anilines is 1. The van der Waals surface area contributed by atoms with E-state index >= 15 is 0 Å². The molecule has 0 unspecified atom stereocenters. The first-order valence-electron chi connectivity index (χ1n) is 7.75. The van der Waals surface area contributed by atoms with Gasteiger partial charge in [0.25, 0.3) is 5.22 Å². The second kappa shape index (κ2) is 8.18. The molecule has 1 aromatic heterocycles. The van der Waals surface area contributed by atoms with E-state index in [9.17, 15) is 4.79 Å². The molecule has 0 fully saturated rings. The number of thioether (sulfide) groups is 1. The maximum atomic E-state index is 12.1. The van der Waals surface area contributed by atoms with Crippen molar-refractivity contribution in [1.29, 1.82) is 0 Å². The highest BCUT2D eigenvalue weighted by molar-refractivity contribution is 7.99. The van der Waals surface area contributed by atoms with Crippen molar-refractivity contribution in [2.45, 2.75) is 18.6 Å². The van der Waals surface area contributed by atoms with Crippen molar-refractivity contribution in [3.63, 3.8) is 0 Å². The lowest BCUT2D eigenvalue weighted by molar-refractivity contribution is -0.113. The molecule has 0 radical (unpaired) electrons. The Morgan fingerprint density at radius 3 is 2.84 bits per heavy atom. The molecule has 0 spiro atoms. The molecule has 3 aromatic rings. The van der Waals surface area contributed by atoms with Gasteiger partial charge in [-0.05, 0) is 42.3 Å². The number of halogens is 1. The van der Waals surface area contributed by atoms with Crippen molar-refractivity contribution in [2.24, 2.45) is 0 Å². The fourth-order valence-corrected chi connectivity index (χ4v) is 2.95. The van der Waals surface area contributed by atoms with E-state index in [0.717, 1.165) is 17.7 Å². The normalized spacial score (nSPS) is 10.6. The monoisotopic (exact) mass is 373 g/mol. The molecule has 0 saturated heterocycles. The van der Waals surface area contributed by atoms with Crippen LogP contribution in [0.1, 0.15) is 12.5 Å². The van der Waals surface area contributed by atoms with Gasteiger partial charge in [0.15, 0.2) is 0 Å². The molecule has 1 heterocycles. The highest BCUT2D eigenvalue weighted by atomic mass is 35.5. The minimum atomic E-state index is -0.124. The number of hydrogen-bond acceptors (Lipinski definition) is 5. The predicted octanol–water partition coefficient (Wildman–Crippen LogP) is 4.68. The summed E-state index contributed by atoms with van der Waals surface area (Å²) in [7, 11) is 0. The fraction of sp³-hybridized carbons (Fsp3) is 0.167. The van der Waals surface area contributed by atoms with E-state index < -0.39 is 0 Å². The summed E-state index contributed by atoms with van der Waals surface area (Å²) < 4.78 is 5.56. The van der Waals surface area contributed by atoms with E-state index in [2.05, 4.69) is 22.4 Å². The number of rotatable bonds is 6. The van der Waals surface area contributed by atoms with E-state index in [1.165, 1.54) is 17.3 Å². The summed E-state index contributed by atoms with van der Waals surface area (Å²) in [5.41, 5.74) is 2.70. The molecule has 7 heteroatoms. The van der Waals surface area contributed by atoms with Crippen molar-refractivity contribution in [3.05, 3.63) is 59.1 Å². The van der Waals surface area contributed by atoms with Crippen LogP contribution in [0.2, 0.25) is 5.02 Å². The molecule has 0 aliphatic rings. The summed E-state index contributed by atoms with van der Waals surface area (Å²) in [5.74, 6) is 0.440. The fourth-order valence-electron chi connectivity index (χ4n) is 2.20. The van der Waals surface area contributed by atoms with E-state index in [1.54, 1.807) is 12.1 Å². The van der Waals surface area contributed by atoms with Gasteiger partial charge in [-0.3, -0.25) is 4.79 Å². The Morgan fingerprint density at radius 1 is 1.20 bits per heavy atom. The standard InChI is InChI=1S/C18H16ClN3O2S/c1-2-12-5-3-8-15(9-12)20-16(23)11-25-18-22-21-17(24-18)13-6-4-7-14(19)10-13/h3-10H,2,11H2,1H3,(H,20,23). The maximum Gasteiger partial charge on any atom is 0.277 e. The topological polar surface area (TPSA) is 68.0 Å². The number of carbonyl (C=O) groups excluding carboxylic acids is 1. The van der Waals surface area contributed by atoms with Crippen LogP contribution >= 0.6 is 23.4 Å². The Hall–Kier alpha value is -2.31. The van der Waals surface area contributed by atoms with Crippen LogP contribution in [0.3, 0.4) is 0 Å². The molecule has 3 rings (SSSR count). The molecular formula is C18H16ClN3O2S. The Labute approximate surface area is 154 Å². The van der Waals surface area contributed by atoms with Crippen LogP contribution in [0.5, 0.6) is 0 Å². The lowest BCUT2D eigenvalue weighted by Gasteiger charge is -2.05. The van der Waals surface area contributed by atoms with E-state index in [-0.39, 0.29) is 11.7 Å². The lowest BCUT2D eigenvalue weighted by atomic mass is 10.1. The Morgan fingerprint density at radius 2 is 2.04 bits per heavy atom. The van der Waals surface area contributed by atoms with Gasteiger partial charge >= 0.3 is 0 Å². The second-order valence-electron chi connectivity index (χ2n) is 5.27. The van der Waals surface area contributed by atoms with E-state index in [1.807, 2.05) is 36.4 Å². The molecule has 0 bridgehead atoms. The summed E-state index contributed by atoms with van der Waals surface area (Å²) in [4.78, 5) is 12.1. The minimum absolute atomic E-state index is 0.124. The highest BCUT2D eigenvalue weighted by Gasteiger charge is 2.11. The van der Waals surface area contributed by atoms with E-state index in [0.29, 0.717) is 16.1 Å². The summed E-state index contributed by atoms with van der Waals surface area (Å²) in [6, 6.07) is 15.0. The van der Waals surface area contributed by atoms with Crippen LogP contribution < -0.4 is 5.32 Å². The predicted molar refractivity (Wildman–Crippen MR) is 99.9 cm³/mol. The van der Waals surface area contributed by atoms with Gasteiger partial charge in [0.1, 0.15) is 0 Å². The van der Waals surface area contributed by atoms with Crippen LogP contribution in [0, 0.1) is 0 Å². The smallest absolute Gasteiger partial charge is 0.277 e. The number of hydrogen-bond donors (Lipinski definition) is 1. The highest BCUT2D eigenvalue weighted by Crippen LogP contribution is 2.25. The largest absolute Gasteiger partial charge is 0.411 e. The third kappa shape index (κ3) is 4.84. The Bertz CT molecular complexity index is 882. The van der Waals surface area contributed by atoms with Gasteiger partial charge in [0, 0.05) is 16.3 Å². The van der Waals surface area contributed by atoms with Gasteiger partial charge in [-0.2, -0.15) is 0 Å². The second-order valence-corrected chi connectivity index (χ2v) is 6.64. The Kier molecular flexibility index (Phi) is 5.73. The number of aryl methyl sites for hydroxylation is 1. The van der Waals surface area contributed by atoms with Crippen molar-refractivity contribution in [3.8, 4) is 11.5 Å². The third-order valence-electron chi connectivity index (χ3n) is 3.42. The molecule has 128 valence electrons. The van der Waals surface area contributed by atoms with Crippen molar-refractivity contribution in [2.75, 3.05) is 11.1 Å². The summed E-state index contributed by atoms with van der Waals surface area (Å²) >= 11 is 7.15. The van der Waals surface area contributed by atoms with Gasteiger partial charge in [-0.25, -0.2) is 0 Å². The average molecular weight is 374 g/mol. The minimum Gasteiger partial charge on any atom is -0.411 e. The number of nitrogens with zero attached hydrogens (tertiary/aromatic N) is 2. The zero-order chi connectivity index (χ0) is 17.6. The van der Waals surface area contributed by atoms with Gasteiger partial charge in [-0.15, -0.1) is 10.2 Å². The average Bonchev–Trinajstić information content (AvgIpc) is 3.09. The number of benzene rings is 2. The number of nitrogens with one attached hydrogen (secondary N) is 1. The summed E-state index contributed by atoms with van der Waals surface area (Å²) in [5, 5.41) is 11.7. The first-order valence-corrected chi connectivity index (χ1v) is 9.11. The molecule has 0 saturated carbocycles. The molecule has 0 atom stereocenters. The molecule has 0 aliphatic carbocycles. The molecule has 25 heavy (non-hydrogen) atoms. The van der Waals surface area contributed by atoms with Crippen molar-refractivity contribution < 1.29 is 9.21 Å². The van der Waals surface area contributed by atoms with Crippen LogP contribution in [-0.4, -0.2) is 21.9 Å². The lowest BCUT2D eigenvalue weighted by Crippen LogP contribution is -2.14. The molecule has 5 nitrogen and oxygen atoms in total. The quantitative estimate of drug-likeness (QED) is 0.635. The number of aromatic nitrogens is 2. The molecule has 1 amide bonds. The summed E-state index contributed by atoms with van der Waals surface area (Å²) in [6.07, 6.45) is 0.923. The zero-order valence-corrected chi connectivity index (χ0v) is 15.1. The first kappa shape index (κ1) is 17.5. The number of amides is 1. The van der Waals surface area contributed by atoms with Crippen LogP contribution in [0.25, 0.3) is 11.5 Å². The number of carbonyl (C=O) groups is 1. The van der Waals surface area contributed by atoms with Crippen LogP contribution in [0.4, 0.5) is 5.69 Å². The maximum absolute atomic E-state index is 12.1. The molecule has 0 aliphatic heterocycles. The molecule has 2 aromatic carbocycles. The third-order valence-corrected chi connectivity index (χ3v) is 4.48. The van der Waals surface area contributed by atoms with Crippen LogP contribution in [0.15, 0.2) is 58.2 Å².